The van der Waals surface area contributed by atoms with Gasteiger partial charge in [0.2, 0.25) is 0 Å². The molecule has 0 saturated carbocycles. The van der Waals surface area contributed by atoms with Crippen LogP contribution in [0, 0.1) is 6.92 Å². The van der Waals surface area contributed by atoms with Gasteiger partial charge in [0.25, 0.3) is 0 Å². The van der Waals surface area contributed by atoms with E-state index in [4.69, 9.17) is 14.2 Å². The first-order chi connectivity index (χ1) is 15.7. The van der Waals surface area contributed by atoms with Crippen molar-refractivity contribution in [2.24, 2.45) is 5.10 Å². The molecular formula is C25H27N3O4. The lowest BCUT2D eigenvalue weighted by Gasteiger charge is -2.13. The molecule has 0 fully saturated rings. The summed E-state index contributed by atoms with van der Waals surface area (Å²) in [6.07, 6.45) is 1.54. The molecule has 0 heterocycles. The van der Waals surface area contributed by atoms with Crippen LogP contribution in [0.1, 0.15) is 18.1 Å². The Kier molecular flexibility index (Phi) is 8.50. The molecule has 2 amide bonds. The zero-order chi connectivity index (χ0) is 22.6. The molecule has 166 valence electrons. The van der Waals surface area contributed by atoms with Crippen LogP contribution in [0.5, 0.6) is 17.2 Å². The highest BCUT2D eigenvalue weighted by atomic mass is 16.5. The van der Waals surface area contributed by atoms with Crippen LogP contribution in [0.2, 0.25) is 0 Å². The number of para-hydroxylation sites is 2. The Balaban J connectivity index is 1.52. The van der Waals surface area contributed by atoms with E-state index in [0.29, 0.717) is 37.0 Å². The van der Waals surface area contributed by atoms with Gasteiger partial charge in [0.15, 0.2) is 11.5 Å². The Morgan fingerprint density at radius 1 is 0.875 bits per heavy atom. The van der Waals surface area contributed by atoms with Crippen molar-refractivity contribution < 1.29 is 19.0 Å². The Labute approximate surface area is 188 Å². The molecule has 0 bridgehead atoms. The highest BCUT2D eigenvalue weighted by molar-refractivity contribution is 5.90. The first kappa shape index (κ1) is 22.7. The van der Waals surface area contributed by atoms with Crippen LogP contribution in [0.15, 0.2) is 77.9 Å². The van der Waals surface area contributed by atoms with Gasteiger partial charge in [-0.15, -0.1) is 0 Å². The third-order valence-electron chi connectivity index (χ3n) is 4.37. The summed E-state index contributed by atoms with van der Waals surface area (Å²) >= 11 is 0. The fraction of sp³-hybridized carbons (Fsp3) is 0.200. The van der Waals surface area contributed by atoms with Crippen molar-refractivity contribution in [2.75, 3.05) is 25.1 Å². The van der Waals surface area contributed by atoms with E-state index < -0.39 is 6.03 Å². The number of hydrogen-bond donors (Lipinski definition) is 2. The van der Waals surface area contributed by atoms with Gasteiger partial charge in [-0.2, -0.15) is 5.10 Å². The van der Waals surface area contributed by atoms with Crippen molar-refractivity contribution in [2.45, 2.75) is 13.8 Å². The topological polar surface area (TPSA) is 81.2 Å². The SMILES string of the molecule is CCOc1cc(/C=N\NC(=O)Nc2ccccc2)ccc1OCCOc1ccccc1C. The second kappa shape index (κ2) is 12.0. The Hall–Kier alpha value is -4.00. The highest BCUT2D eigenvalue weighted by Gasteiger charge is 2.07. The maximum Gasteiger partial charge on any atom is 0.339 e. The van der Waals surface area contributed by atoms with Crippen LogP contribution >= 0.6 is 0 Å². The summed E-state index contributed by atoms with van der Waals surface area (Å²) in [5.41, 5.74) is 4.97. The third-order valence-corrected chi connectivity index (χ3v) is 4.37. The van der Waals surface area contributed by atoms with E-state index in [2.05, 4.69) is 15.8 Å². The molecule has 0 radical (unpaired) electrons. The smallest absolute Gasteiger partial charge is 0.339 e. The summed E-state index contributed by atoms with van der Waals surface area (Å²) < 4.78 is 17.3. The molecule has 32 heavy (non-hydrogen) atoms. The van der Waals surface area contributed by atoms with Gasteiger partial charge in [-0.1, -0.05) is 36.4 Å². The maximum atomic E-state index is 11.9. The molecular weight excluding hydrogens is 406 g/mol. The number of nitrogens with zero attached hydrogens (tertiary/aromatic N) is 1. The molecule has 0 aliphatic heterocycles. The zero-order valence-corrected chi connectivity index (χ0v) is 18.2. The van der Waals surface area contributed by atoms with Crippen molar-refractivity contribution >= 4 is 17.9 Å². The average molecular weight is 434 g/mol. The Morgan fingerprint density at radius 3 is 2.34 bits per heavy atom. The molecule has 2 N–H and O–H groups in total. The van der Waals surface area contributed by atoms with Gasteiger partial charge in [0, 0.05) is 5.69 Å². The number of carbonyl (C=O) groups excluding carboxylic acids is 1. The van der Waals surface area contributed by atoms with E-state index in [1.165, 1.54) is 6.21 Å². The minimum absolute atomic E-state index is 0.378. The second-order valence-corrected chi connectivity index (χ2v) is 6.79. The normalized spacial score (nSPS) is 10.6. The van der Waals surface area contributed by atoms with Crippen LogP contribution in [0.3, 0.4) is 0 Å². The van der Waals surface area contributed by atoms with Crippen LogP contribution < -0.4 is 25.0 Å². The number of urea groups is 1. The monoisotopic (exact) mass is 433 g/mol. The van der Waals surface area contributed by atoms with E-state index in [1.54, 1.807) is 18.2 Å². The van der Waals surface area contributed by atoms with E-state index in [0.717, 1.165) is 16.9 Å². The van der Waals surface area contributed by atoms with Crippen molar-refractivity contribution in [3.8, 4) is 17.2 Å². The summed E-state index contributed by atoms with van der Waals surface area (Å²) in [5, 5.41) is 6.67. The predicted molar refractivity (Wildman–Crippen MR) is 126 cm³/mol. The van der Waals surface area contributed by atoms with Crippen LogP contribution in [0.25, 0.3) is 0 Å². The average Bonchev–Trinajstić information content (AvgIpc) is 2.80. The molecule has 0 aromatic heterocycles. The number of nitrogens with one attached hydrogen (secondary N) is 2. The van der Waals surface area contributed by atoms with Crippen molar-refractivity contribution in [1.29, 1.82) is 0 Å². The molecule has 7 heteroatoms. The number of carbonyl (C=O) groups is 1. The fourth-order valence-electron chi connectivity index (χ4n) is 2.86. The van der Waals surface area contributed by atoms with Gasteiger partial charge in [-0.3, -0.25) is 0 Å². The lowest BCUT2D eigenvalue weighted by Crippen LogP contribution is -2.24. The molecule has 0 saturated heterocycles. The van der Waals surface area contributed by atoms with Gasteiger partial charge < -0.3 is 19.5 Å². The molecule has 0 spiro atoms. The molecule has 3 aromatic carbocycles. The molecule has 0 aliphatic carbocycles. The van der Waals surface area contributed by atoms with Crippen molar-refractivity contribution in [3.63, 3.8) is 0 Å². The maximum absolute atomic E-state index is 11.9. The number of hydrazone groups is 1. The van der Waals surface area contributed by atoms with Crippen LogP contribution in [-0.2, 0) is 0 Å². The Bertz CT molecular complexity index is 1040. The molecule has 3 aromatic rings. The molecule has 0 atom stereocenters. The van der Waals surface area contributed by atoms with Crippen LogP contribution in [-0.4, -0.2) is 32.1 Å². The molecule has 0 aliphatic rings. The van der Waals surface area contributed by atoms with Gasteiger partial charge in [0.1, 0.15) is 19.0 Å². The quantitative estimate of drug-likeness (QED) is 0.268. The van der Waals surface area contributed by atoms with E-state index >= 15 is 0 Å². The number of amides is 2. The van der Waals surface area contributed by atoms with Crippen molar-refractivity contribution in [1.82, 2.24) is 5.43 Å². The number of aryl methyl sites for hydroxylation is 1. The first-order valence-corrected chi connectivity index (χ1v) is 10.4. The summed E-state index contributed by atoms with van der Waals surface area (Å²) in [6.45, 7) is 5.20. The van der Waals surface area contributed by atoms with Crippen LogP contribution in [0.4, 0.5) is 10.5 Å². The van der Waals surface area contributed by atoms with E-state index in [9.17, 15) is 4.79 Å². The predicted octanol–water partition coefficient (Wildman–Crippen LogP) is 5.01. The number of hydrogen-bond acceptors (Lipinski definition) is 5. The molecule has 0 unspecified atom stereocenters. The minimum Gasteiger partial charge on any atom is -0.490 e. The minimum atomic E-state index is -0.425. The summed E-state index contributed by atoms with van der Waals surface area (Å²) in [7, 11) is 0. The number of rotatable bonds is 10. The molecule has 3 rings (SSSR count). The number of anilines is 1. The first-order valence-electron chi connectivity index (χ1n) is 10.4. The number of benzene rings is 3. The summed E-state index contributed by atoms with van der Waals surface area (Å²) in [4.78, 5) is 11.9. The van der Waals surface area contributed by atoms with Gasteiger partial charge in [-0.05, 0) is 61.4 Å². The standard InChI is InChI=1S/C25H27N3O4/c1-3-30-24-17-20(18-26-28-25(29)27-21-10-5-4-6-11-21)13-14-23(24)32-16-15-31-22-12-8-7-9-19(22)2/h4-14,17-18H,3,15-16H2,1-2H3,(H2,27,28,29)/b26-18-. The Morgan fingerprint density at radius 2 is 1.59 bits per heavy atom. The lowest BCUT2D eigenvalue weighted by molar-refractivity contribution is 0.207. The van der Waals surface area contributed by atoms with Gasteiger partial charge >= 0.3 is 6.03 Å². The van der Waals surface area contributed by atoms with E-state index in [1.807, 2.05) is 68.4 Å². The summed E-state index contributed by atoms with van der Waals surface area (Å²) in [5.74, 6) is 2.06. The fourth-order valence-corrected chi connectivity index (χ4v) is 2.86. The summed E-state index contributed by atoms with van der Waals surface area (Å²) in [6, 6.07) is 22.0. The van der Waals surface area contributed by atoms with E-state index in [-0.39, 0.29) is 0 Å². The third kappa shape index (κ3) is 7.05. The second-order valence-electron chi connectivity index (χ2n) is 6.79. The highest BCUT2D eigenvalue weighted by Crippen LogP contribution is 2.28. The lowest BCUT2D eigenvalue weighted by atomic mass is 10.2. The zero-order valence-electron chi connectivity index (χ0n) is 18.2. The number of ether oxygens (including phenoxy) is 3. The van der Waals surface area contributed by atoms with Gasteiger partial charge in [-0.25, -0.2) is 10.2 Å². The molecule has 7 nitrogen and oxygen atoms in total. The van der Waals surface area contributed by atoms with Gasteiger partial charge in [0.05, 0.1) is 12.8 Å². The largest absolute Gasteiger partial charge is 0.490 e. The van der Waals surface area contributed by atoms with Crippen molar-refractivity contribution in [3.05, 3.63) is 83.9 Å².